The predicted octanol–water partition coefficient (Wildman–Crippen LogP) is 1.63. The molecule has 2 rings (SSSR count). The average molecular weight is 259 g/mol. The van der Waals surface area contributed by atoms with Gasteiger partial charge in [-0.25, -0.2) is 0 Å². The lowest BCUT2D eigenvalue weighted by Crippen LogP contribution is -2.29. The number of nitrogens with one attached hydrogen (secondary N) is 1. The Morgan fingerprint density at radius 3 is 2.84 bits per heavy atom. The Morgan fingerprint density at radius 2 is 2.16 bits per heavy atom. The topological polar surface area (TPSA) is 55.4 Å². The Bertz CT molecular complexity index is 481. The molecule has 1 fully saturated rings. The average Bonchev–Trinajstić information content (AvgIpc) is 2.79. The predicted molar refractivity (Wildman–Crippen MR) is 72.1 cm³/mol. The second-order valence-corrected chi connectivity index (χ2v) is 4.41. The van der Waals surface area contributed by atoms with Gasteiger partial charge in [0.2, 0.25) is 5.91 Å². The van der Waals surface area contributed by atoms with Gasteiger partial charge in [-0.05, 0) is 12.5 Å². The van der Waals surface area contributed by atoms with E-state index in [0.717, 1.165) is 5.56 Å². The van der Waals surface area contributed by atoms with E-state index < -0.39 is 11.9 Å². The molecule has 0 aliphatic carbocycles. The molecule has 0 aromatic heterocycles. The fourth-order valence-electron chi connectivity index (χ4n) is 2.13. The number of benzene rings is 1. The maximum Gasteiger partial charge on any atom is 0.319 e. The SMILES string of the molecule is CCOC(=O)C1C(=O)NCC1/C=C/c1ccccc1. The van der Waals surface area contributed by atoms with Gasteiger partial charge >= 0.3 is 5.97 Å². The Labute approximate surface area is 112 Å². The molecule has 100 valence electrons. The number of hydrogen-bond donors (Lipinski definition) is 1. The maximum absolute atomic E-state index is 11.8. The molecule has 0 radical (unpaired) electrons. The third kappa shape index (κ3) is 3.22. The van der Waals surface area contributed by atoms with Gasteiger partial charge in [-0.1, -0.05) is 42.5 Å². The summed E-state index contributed by atoms with van der Waals surface area (Å²) < 4.78 is 4.94. The molecule has 19 heavy (non-hydrogen) atoms. The van der Waals surface area contributed by atoms with E-state index in [2.05, 4.69) is 5.32 Å². The normalized spacial score (nSPS) is 22.5. The minimum Gasteiger partial charge on any atom is -0.465 e. The summed E-state index contributed by atoms with van der Waals surface area (Å²) in [6, 6.07) is 9.78. The molecule has 0 saturated carbocycles. The van der Waals surface area contributed by atoms with Gasteiger partial charge in [-0.15, -0.1) is 0 Å². The number of ether oxygens (including phenoxy) is 1. The largest absolute Gasteiger partial charge is 0.465 e. The molecule has 1 heterocycles. The molecule has 4 nitrogen and oxygen atoms in total. The van der Waals surface area contributed by atoms with Crippen molar-refractivity contribution in [2.24, 2.45) is 11.8 Å². The molecule has 1 saturated heterocycles. The summed E-state index contributed by atoms with van der Waals surface area (Å²) in [4.78, 5) is 23.4. The molecule has 2 unspecified atom stereocenters. The molecule has 1 N–H and O–H groups in total. The van der Waals surface area contributed by atoms with E-state index in [1.165, 1.54) is 0 Å². The molecular formula is C15H17NO3. The first kappa shape index (κ1) is 13.3. The standard InChI is InChI=1S/C15H17NO3/c1-2-19-15(18)13-12(10-16-14(13)17)9-8-11-6-4-3-5-7-11/h3-9,12-13H,2,10H2,1H3,(H,16,17)/b9-8+. The smallest absolute Gasteiger partial charge is 0.319 e. The molecule has 1 aliphatic heterocycles. The van der Waals surface area contributed by atoms with Crippen molar-refractivity contribution in [3.05, 3.63) is 42.0 Å². The minimum atomic E-state index is -0.722. The van der Waals surface area contributed by atoms with Crippen molar-refractivity contribution < 1.29 is 14.3 Å². The van der Waals surface area contributed by atoms with Crippen LogP contribution in [-0.2, 0) is 14.3 Å². The summed E-state index contributed by atoms with van der Waals surface area (Å²) in [5.74, 6) is -1.56. The first-order valence-corrected chi connectivity index (χ1v) is 6.40. The van der Waals surface area contributed by atoms with E-state index in [-0.39, 0.29) is 18.4 Å². The van der Waals surface area contributed by atoms with Gasteiger partial charge in [0.25, 0.3) is 0 Å². The van der Waals surface area contributed by atoms with Crippen molar-refractivity contribution in [3.8, 4) is 0 Å². The summed E-state index contributed by atoms with van der Waals surface area (Å²) >= 11 is 0. The monoisotopic (exact) mass is 259 g/mol. The quantitative estimate of drug-likeness (QED) is 0.660. The molecule has 0 spiro atoms. The number of carbonyl (C=O) groups is 2. The zero-order valence-corrected chi connectivity index (χ0v) is 10.8. The van der Waals surface area contributed by atoms with Crippen LogP contribution in [0.4, 0.5) is 0 Å². The highest BCUT2D eigenvalue weighted by Gasteiger charge is 2.39. The summed E-state index contributed by atoms with van der Waals surface area (Å²) in [6.07, 6.45) is 3.83. The highest BCUT2D eigenvalue weighted by molar-refractivity contribution is 6.00. The van der Waals surface area contributed by atoms with Gasteiger partial charge in [-0.2, -0.15) is 0 Å². The van der Waals surface area contributed by atoms with Crippen molar-refractivity contribution in [2.45, 2.75) is 6.92 Å². The second kappa shape index (κ2) is 6.18. The van der Waals surface area contributed by atoms with Gasteiger partial charge in [0.1, 0.15) is 5.92 Å². The Balaban J connectivity index is 2.08. The van der Waals surface area contributed by atoms with Crippen molar-refractivity contribution in [3.63, 3.8) is 0 Å². The van der Waals surface area contributed by atoms with Gasteiger partial charge in [0.15, 0.2) is 0 Å². The van der Waals surface area contributed by atoms with Crippen LogP contribution in [-0.4, -0.2) is 25.0 Å². The van der Waals surface area contributed by atoms with Crippen LogP contribution in [0.15, 0.2) is 36.4 Å². The molecule has 1 amide bonds. The summed E-state index contributed by atoms with van der Waals surface area (Å²) in [5, 5.41) is 2.70. The Kier molecular flexibility index (Phi) is 4.34. The second-order valence-electron chi connectivity index (χ2n) is 4.41. The lowest BCUT2D eigenvalue weighted by molar-refractivity contribution is -0.151. The molecule has 2 atom stereocenters. The van der Waals surface area contributed by atoms with E-state index in [0.29, 0.717) is 6.54 Å². The third-order valence-corrected chi connectivity index (χ3v) is 3.10. The summed E-state index contributed by atoms with van der Waals surface area (Å²) in [5.41, 5.74) is 1.05. The Hall–Kier alpha value is -2.10. The maximum atomic E-state index is 11.8. The molecule has 1 aromatic carbocycles. The van der Waals surface area contributed by atoms with Crippen molar-refractivity contribution in [2.75, 3.05) is 13.2 Å². The highest BCUT2D eigenvalue weighted by Crippen LogP contribution is 2.22. The van der Waals surface area contributed by atoms with Crippen molar-refractivity contribution in [1.29, 1.82) is 0 Å². The lowest BCUT2D eigenvalue weighted by atomic mass is 9.94. The molecule has 0 bridgehead atoms. The number of esters is 1. The van der Waals surface area contributed by atoms with E-state index in [9.17, 15) is 9.59 Å². The van der Waals surface area contributed by atoms with E-state index in [4.69, 9.17) is 4.74 Å². The first-order valence-electron chi connectivity index (χ1n) is 6.40. The Morgan fingerprint density at radius 1 is 1.42 bits per heavy atom. The lowest BCUT2D eigenvalue weighted by Gasteiger charge is -2.11. The van der Waals surface area contributed by atoms with Gasteiger partial charge in [0, 0.05) is 12.5 Å². The third-order valence-electron chi connectivity index (χ3n) is 3.10. The van der Waals surface area contributed by atoms with Crippen LogP contribution in [0.3, 0.4) is 0 Å². The van der Waals surface area contributed by atoms with E-state index >= 15 is 0 Å². The van der Waals surface area contributed by atoms with Gasteiger partial charge in [-0.3, -0.25) is 9.59 Å². The summed E-state index contributed by atoms with van der Waals surface area (Å²) in [7, 11) is 0. The molecular weight excluding hydrogens is 242 g/mol. The van der Waals surface area contributed by atoms with Crippen LogP contribution >= 0.6 is 0 Å². The first-order chi connectivity index (χ1) is 9.22. The fraction of sp³-hybridized carbons (Fsp3) is 0.333. The number of rotatable bonds is 4. The van der Waals surface area contributed by atoms with Crippen LogP contribution in [0.25, 0.3) is 6.08 Å². The van der Waals surface area contributed by atoms with E-state index in [1.807, 2.05) is 42.5 Å². The zero-order chi connectivity index (χ0) is 13.7. The number of amides is 1. The van der Waals surface area contributed by atoms with Crippen LogP contribution in [0.2, 0.25) is 0 Å². The highest BCUT2D eigenvalue weighted by atomic mass is 16.5. The van der Waals surface area contributed by atoms with Crippen molar-refractivity contribution in [1.82, 2.24) is 5.32 Å². The zero-order valence-electron chi connectivity index (χ0n) is 10.8. The fourth-order valence-corrected chi connectivity index (χ4v) is 2.13. The van der Waals surface area contributed by atoms with Crippen LogP contribution < -0.4 is 5.32 Å². The molecule has 4 heteroatoms. The van der Waals surface area contributed by atoms with Crippen molar-refractivity contribution >= 4 is 18.0 Å². The number of carbonyl (C=O) groups excluding carboxylic acids is 2. The minimum absolute atomic E-state index is 0.147. The van der Waals surface area contributed by atoms with Crippen LogP contribution in [0.5, 0.6) is 0 Å². The number of hydrogen-bond acceptors (Lipinski definition) is 3. The summed E-state index contributed by atoms with van der Waals surface area (Å²) in [6.45, 7) is 2.50. The van der Waals surface area contributed by atoms with E-state index in [1.54, 1.807) is 6.92 Å². The van der Waals surface area contributed by atoms with Crippen LogP contribution in [0.1, 0.15) is 12.5 Å². The van der Waals surface area contributed by atoms with Crippen LogP contribution in [0, 0.1) is 11.8 Å². The molecule has 1 aliphatic rings. The van der Waals surface area contributed by atoms with Gasteiger partial charge < -0.3 is 10.1 Å². The van der Waals surface area contributed by atoms with Gasteiger partial charge in [0.05, 0.1) is 6.61 Å². The molecule has 1 aromatic rings.